The molecule has 0 amide bonds. The molecule has 0 heterocycles. The van der Waals surface area contributed by atoms with Crippen molar-refractivity contribution in [2.45, 2.75) is 56.4 Å². The van der Waals surface area contributed by atoms with Gasteiger partial charge < -0.3 is 15.6 Å². The summed E-state index contributed by atoms with van der Waals surface area (Å²) in [6.45, 7) is 2.80. The Kier molecular flexibility index (Phi) is 11.5. The molecule has 1 atom stereocenters. The van der Waals surface area contributed by atoms with Crippen molar-refractivity contribution in [3.8, 4) is 5.75 Å². The van der Waals surface area contributed by atoms with E-state index in [1.807, 2.05) is 0 Å². The summed E-state index contributed by atoms with van der Waals surface area (Å²) >= 11 is 0. The van der Waals surface area contributed by atoms with Gasteiger partial charge in [-0.2, -0.15) is 4.72 Å². The third-order valence-corrected chi connectivity index (χ3v) is 6.59. The highest BCUT2D eigenvalue weighted by Gasteiger charge is 2.25. The topological polar surface area (TPSA) is 164 Å². The number of benzene rings is 2. The molecule has 0 saturated carbocycles. The maximum Gasteiger partial charge on any atom is 0.322 e. The number of rotatable bonds is 16. The molecule has 11 heteroatoms. The van der Waals surface area contributed by atoms with Crippen LogP contribution in [0.2, 0.25) is 0 Å². The lowest BCUT2D eigenvalue weighted by molar-refractivity contribution is -0.138. The second-order valence-electron chi connectivity index (χ2n) is 8.03. The van der Waals surface area contributed by atoms with Gasteiger partial charge in [0.15, 0.2) is 0 Å². The monoisotopic (exact) mass is 506 g/mol. The van der Waals surface area contributed by atoms with Crippen LogP contribution in [0.15, 0.2) is 53.4 Å². The number of hydrogen-bond acceptors (Lipinski definition) is 6. The standard InChI is InChI=1S/C24H34N4O6S/c1-2-3-4-6-18-9-13-21(14-10-18)35(31,32)28-22(23(29)30)17-19-7-11-20(12-8-19)33-15-5-16-34-27-24(25)26/h7-14,22,28H,2-6,15-17H2,1H3,(H,29,30)(H4,25,26,27)/t22-/m0/s1. The fourth-order valence-electron chi connectivity index (χ4n) is 3.26. The van der Waals surface area contributed by atoms with E-state index in [0.717, 1.165) is 31.2 Å². The zero-order valence-electron chi connectivity index (χ0n) is 19.8. The average molecular weight is 507 g/mol. The molecule has 0 fully saturated rings. The lowest BCUT2D eigenvalue weighted by Gasteiger charge is -2.16. The molecule has 0 aromatic heterocycles. The zero-order valence-corrected chi connectivity index (χ0v) is 20.6. The molecular weight excluding hydrogens is 472 g/mol. The zero-order chi connectivity index (χ0) is 25.7. The quantitative estimate of drug-likeness (QED) is 0.100. The van der Waals surface area contributed by atoms with Crippen LogP contribution in [-0.4, -0.2) is 44.7 Å². The SMILES string of the molecule is CCCCCc1ccc(S(=O)(=O)N[C@@H](Cc2ccc(OCCCONC(=N)N)cc2)C(=O)O)cc1. The summed E-state index contributed by atoms with van der Waals surface area (Å²) in [6, 6.07) is 12.0. The van der Waals surface area contributed by atoms with E-state index in [1.54, 1.807) is 36.4 Å². The van der Waals surface area contributed by atoms with Crippen molar-refractivity contribution in [2.75, 3.05) is 13.2 Å². The summed E-state index contributed by atoms with van der Waals surface area (Å²) < 4.78 is 33.4. The van der Waals surface area contributed by atoms with Crippen LogP contribution in [0.25, 0.3) is 0 Å². The highest BCUT2D eigenvalue weighted by atomic mass is 32.2. The van der Waals surface area contributed by atoms with Crippen molar-refractivity contribution in [3.63, 3.8) is 0 Å². The van der Waals surface area contributed by atoms with Crippen LogP contribution < -0.4 is 20.7 Å². The molecule has 2 rings (SSSR count). The lowest BCUT2D eigenvalue weighted by atomic mass is 10.1. The van der Waals surface area contributed by atoms with Crippen molar-refractivity contribution in [1.82, 2.24) is 10.2 Å². The maximum atomic E-state index is 12.8. The summed E-state index contributed by atoms with van der Waals surface area (Å²) in [6.07, 6.45) is 4.69. The number of unbranched alkanes of at least 4 members (excludes halogenated alkanes) is 2. The van der Waals surface area contributed by atoms with Crippen LogP contribution in [0, 0.1) is 5.41 Å². The Morgan fingerprint density at radius 1 is 1.03 bits per heavy atom. The molecular formula is C24H34N4O6S. The summed E-state index contributed by atoms with van der Waals surface area (Å²) in [5, 5.41) is 16.6. The van der Waals surface area contributed by atoms with E-state index >= 15 is 0 Å². The van der Waals surface area contributed by atoms with Gasteiger partial charge in [0.1, 0.15) is 11.8 Å². The number of hydrogen-bond donors (Lipinski definition) is 5. The second kappa shape index (κ2) is 14.3. The molecule has 10 nitrogen and oxygen atoms in total. The van der Waals surface area contributed by atoms with Gasteiger partial charge in [0.05, 0.1) is 18.1 Å². The van der Waals surface area contributed by atoms with Crippen LogP contribution in [0.4, 0.5) is 0 Å². The van der Waals surface area contributed by atoms with Gasteiger partial charge in [0.25, 0.3) is 0 Å². The smallest absolute Gasteiger partial charge is 0.322 e. The fraction of sp³-hybridized carbons (Fsp3) is 0.417. The van der Waals surface area contributed by atoms with Gasteiger partial charge in [-0.15, -0.1) is 0 Å². The van der Waals surface area contributed by atoms with Crippen molar-refractivity contribution in [1.29, 1.82) is 5.41 Å². The predicted molar refractivity (Wildman–Crippen MR) is 133 cm³/mol. The predicted octanol–water partition coefficient (Wildman–Crippen LogP) is 2.58. The normalized spacial score (nSPS) is 12.1. The molecule has 0 spiro atoms. The number of guanidine groups is 1. The van der Waals surface area contributed by atoms with Crippen LogP contribution in [-0.2, 0) is 32.5 Å². The molecule has 0 aliphatic rings. The van der Waals surface area contributed by atoms with E-state index in [-0.39, 0.29) is 17.3 Å². The molecule has 0 radical (unpaired) electrons. The number of carboxylic acids is 1. The Morgan fingerprint density at radius 3 is 2.29 bits per heavy atom. The van der Waals surface area contributed by atoms with Crippen molar-refractivity contribution >= 4 is 22.0 Å². The third-order valence-electron chi connectivity index (χ3n) is 5.10. The van der Waals surface area contributed by atoms with Gasteiger partial charge >= 0.3 is 5.97 Å². The van der Waals surface area contributed by atoms with Gasteiger partial charge in [-0.05, 0) is 54.7 Å². The maximum absolute atomic E-state index is 12.8. The number of ether oxygens (including phenoxy) is 1. The second-order valence-corrected chi connectivity index (χ2v) is 9.74. The number of hydroxylamine groups is 1. The van der Waals surface area contributed by atoms with E-state index in [9.17, 15) is 18.3 Å². The first-order valence-corrected chi connectivity index (χ1v) is 13.0. The van der Waals surface area contributed by atoms with Crippen LogP contribution in [0.5, 0.6) is 5.75 Å². The van der Waals surface area contributed by atoms with E-state index in [1.165, 1.54) is 12.1 Å². The molecule has 35 heavy (non-hydrogen) atoms. The Morgan fingerprint density at radius 2 is 1.69 bits per heavy atom. The molecule has 6 N–H and O–H groups in total. The minimum absolute atomic E-state index is 0.0193. The van der Waals surface area contributed by atoms with Crippen molar-refractivity contribution in [2.24, 2.45) is 5.73 Å². The first-order chi connectivity index (χ1) is 16.7. The summed E-state index contributed by atoms with van der Waals surface area (Å²) in [4.78, 5) is 16.7. The van der Waals surface area contributed by atoms with Crippen LogP contribution >= 0.6 is 0 Å². The van der Waals surface area contributed by atoms with E-state index < -0.39 is 22.0 Å². The van der Waals surface area contributed by atoms with Gasteiger partial charge in [-0.1, -0.05) is 44.0 Å². The molecule has 0 unspecified atom stereocenters. The molecule has 2 aromatic carbocycles. The van der Waals surface area contributed by atoms with Gasteiger partial charge in [0.2, 0.25) is 16.0 Å². The van der Waals surface area contributed by atoms with Gasteiger partial charge in [-0.25, -0.2) is 13.9 Å². The minimum atomic E-state index is -3.99. The average Bonchev–Trinajstić information content (AvgIpc) is 2.82. The number of carboxylic acid groups (broad SMARTS) is 1. The Hall–Kier alpha value is -3.15. The number of nitrogens with two attached hydrogens (primary N) is 1. The van der Waals surface area contributed by atoms with E-state index in [4.69, 9.17) is 20.7 Å². The molecule has 192 valence electrons. The number of nitrogens with one attached hydrogen (secondary N) is 3. The number of carbonyl (C=O) groups is 1. The highest BCUT2D eigenvalue weighted by molar-refractivity contribution is 7.89. The summed E-state index contributed by atoms with van der Waals surface area (Å²) in [5.41, 5.74) is 9.02. The number of sulfonamides is 1. The van der Waals surface area contributed by atoms with Crippen molar-refractivity contribution in [3.05, 3.63) is 59.7 Å². The van der Waals surface area contributed by atoms with E-state index in [0.29, 0.717) is 30.9 Å². The van der Waals surface area contributed by atoms with Crippen LogP contribution in [0.3, 0.4) is 0 Å². The fourth-order valence-corrected chi connectivity index (χ4v) is 4.45. The van der Waals surface area contributed by atoms with E-state index in [2.05, 4.69) is 17.1 Å². The van der Waals surface area contributed by atoms with Gasteiger partial charge in [-0.3, -0.25) is 15.0 Å². The molecule has 0 aliphatic carbocycles. The first kappa shape index (κ1) is 28.1. The number of aryl methyl sites for hydroxylation is 1. The third kappa shape index (κ3) is 10.3. The minimum Gasteiger partial charge on any atom is -0.494 e. The van der Waals surface area contributed by atoms with Gasteiger partial charge in [0, 0.05) is 6.42 Å². The Balaban J connectivity index is 1.90. The summed E-state index contributed by atoms with van der Waals surface area (Å²) in [5.74, 6) is -0.955. The molecule has 0 aliphatic heterocycles. The first-order valence-electron chi connectivity index (χ1n) is 11.5. The summed E-state index contributed by atoms with van der Waals surface area (Å²) in [7, 11) is -3.99. The Bertz CT molecular complexity index is 1040. The molecule has 0 bridgehead atoms. The number of aliphatic carboxylic acids is 1. The lowest BCUT2D eigenvalue weighted by Crippen LogP contribution is -2.42. The molecule has 2 aromatic rings. The highest BCUT2D eigenvalue weighted by Crippen LogP contribution is 2.17. The Labute approximate surface area is 206 Å². The van der Waals surface area contributed by atoms with Crippen LogP contribution in [0.1, 0.15) is 43.7 Å². The molecule has 0 saturated heterocycles. The van der Waals surface area contributed by atoms with Crippen molar-refractivity contribution < 1.29 is 27.9 Å². The largest absolute Gasteiger partial charge is 0.494 e.